The van der Waals surface area contributed by atoms with E-state index in [1.54, 1.807) is 11.3 Å². The molecule has 5 heteroatoms. The standard InChI is InChI=1S/C57H35N3S2/c1-3-13-36(14-4-1)40-17-11-18-42(33-40)44-19-7-8-20-45(44)43-30-32-52-49(35-43)54-47(22-12-24-53(54)62-52)57-59-55(38-15-5-2-6-16-38)58-56(60-57)39-27-25-37(26-28-39)41-29-31-51-48(34-41)46-21-9-10-23-50(46)61-51/h1-35H. The average Bonchev–Trinajstić information content (AvgIpc) is 3.92. The van der Waals surface area contributed by atoms with Gasteiger partial charge in [-0.2, -0.15) is 0 Å². The minimum absolute atomic E-state index is 0.642. The molecule has 0 amide bonds. The summed E-state index contributed by atoms with van der Waals surface area (Å²) in [6, 6.07) is 75.8. The van der Waals surface area contributed by atoms with Crippen LogP contribution in [-0.2, 0) is 0 Å². The van der Waals surface area contributed by atoms with Crippen LogP contribution >= 0.6 is 22.7 Å². The van der Waals surface area contributed by atoms with Crippen LogP contribution in [-0.4, -0.2) is 15.0 Å². The third-order valence-electron chi connectivity index (χ3n) is 11.8. The molecule has 0 aliphatic carbocycles. The average molecular weight is 826 g/mol. The molecule has 0 radical (unpaired) electrons. The van der Waals surface area contributed by atoms with Crippen molar-refractivity contribution in [1.29, 1.82) is 0 Å². The molecule has 0 N–H and O–H groups in total. The number of hydrogen-bond acceptors (Lipinski definition) is 5. The van der Waals surface area contributed by atoms with E-state index in [0.717, 1.165) is 27.6 Å². The summed E-state index contributed by atoms with van der Waals surface area (Å²) in [6.45, 7) is 0. The fourth-order valence-electron chi connectivity index (χ4n) is 8.72. The number of hydrogen-bond donors (Lipinski definition) is 0. The Labute approximate surface area is 366 Å². The molecule has 62 heavy (non-hydrogen) atoms. The van der Waals surface area contributed by atoms with Crippen molar-refractivity contribution in [2.45, 2.75) is 0 Å². The Morgan fingerprint density at radius 1 is 0.242 bits per heavy atom. The van der Waals surface area contributed by atoms with Gasteiger partial charge in [0.25, 0.3) is 0 Å². The first-order chi connectivity index (χ1) is 30.7. The predicted octanol–water partition coefficient (Wildman–Crippen LogP) is 16.3. The molecule has 3 aromatic heterocycles. The maximum absolute atomic E-state index is 5.26. The molecule has 0 saturated carbocycles. The number of rotatable bonds is 7. The van der Waals surface area contributed by atoms with E-state index in [9.17, 15) is 0 Å². The van der Waals surface area contributed by atoms with Crippen molar-refractivity contribution < 1.29 is 0 Å². The topological polar surface area (TPSA) is 38.7 Å². The second-order valence-electron chi connectivity index (χ2n) is 15.5. The van der Waals surface area contributed by atoms with Gasteiger partial charge in [-0.3, -0.25) is 0 Å². The molecule has 0 unspecified atom stereocenters. The zero-order valence-corrected chi connectivity index (χ0v) is 35.0. The minimum atomic E-state index is 0.642. The van der Waals surface area contributed by atoms with Gasteiger partial charge in [-0.05, 0) is 87.0 Å². The number of fused-ring (bicyclic) bond motifs is 6. The second-order valence-corrected chi connectivity index (χ2v) is 17.7. The Morgan fingerprint density at radius 2 is 0.677 bits per heavy atom. The van der Waals surface area contributed by atoms with Crippen LogP contribution in [0.3, 0.4) is 0 Å². The van der Waals surface area contributed by atoms with Crippen molar-refractivity contribution in [3.63, 3.8) is 0 Å². The summed E-state index contributed by atoms with van der Waals surface area (Å²) in [5.41, 5.74) is 12.4. The van der Waals surface area contributed by atoms with Gasteiger partial charge < -0.3 is 0 Å². The molecule has 12 aromatic rings. The Kier molecular flexibility index (Phi) is 8.87. The highest BCUT2D eigenvalue weighted by Crippen LogP contribution is 2.43. The van der Waals surface area contributed by atoms with E-state index >= 15 is 0 Å². The molecular formula is C57H35N3S2. The van der Waals surface area contributed by atoms with E-state index in [-0.39, 0.29) is 0 Å². The van der Waals surface area contributed by atoms with Crippen molar-refractivity contribution in [1.82, 2.24) is 15.0 Å². The lowest BCUT2D eigenvalue weighted by atomic mass is 9.92. The first kappa shape index (κ1) is 36.3. The lowest BCUT2D eigenvalue weighted by Gasteiger charge is -2.12. The van der Waals surface area contributed by atoms with Gasteiger partial charge in [0, 0.05) is 57.0 Å². The number of aromatic nitrogens is 3. The molecule has 0 fully saturated rings. The molecule has 0 spiro atoms. The van der Waals surface area contributed by atoms with Gasteiger partial charge in [-0.1, -0.05) is 170 Å². The summed E-state index contributed by atoms with van der Waals surface area (Å²) in [7, 11) is 0. The van der Waals surface area contributed by atoms with E-state index in [1.807, 2.05) is 29.5 Å². The summed E-state index contributed by atoms with van der Waals surface area (Å²) in [4.78, 5) is 15.6. The molecule has 9 aromatic carbocycles. The van der Waals surface area contributed by atoms with Crippen LogP contribution in [0.1, 0.15) is 0 Å². The molecule has 290 valence electrons. The van der Waals surface area contributed by atoms with Crippen LogP contribution in [0.4, 0.5) is 0 Å². The summed E-state index contributed by atoms with van der Waals surface area (Å²) in [5, 5.41) is 4.94. The first-order valence-electron chi connectivity index (χ1n) is 20.7. The largest absolute Gasteiger partial charge is 0.208 e. The zero-order chi connectivity index (χ0) is 41.0. The highest BCUT2D eigenvalue weighted by atomic mass is 32.1. The van der Waals surface area contributed by atoms with Crippen LogP contribution < -0.4 is 0 Å². The van der Waals surface area contributed by atoms with Crippen molar-refractivity contribution in [3.05, 3.63) is 212 Å². The molecule has 0 atom stereocenters. The van der Waals surface area contributed by atoms with E-state index in [4.69, 9.17) is 15.0 Å². The first-order valence-corrected chi connectivity index (χ1v) is 22.4. The Morgan fingerprint density at radius 3 is 1.45 bits per heavy atom. The van der Waals surface area contributed by atoms with E-state index < -0.39 is 0 Å². The molecule has 0 bridgehead atoms. The molecule has 12 rings (SSSR count). The minimum Gasteiger partial charge on any atom is -0.208 e. The van der Waals surface area contributed by atoms with Gasteiger partial charge in [0.15, 0.2) is 17.5 Å². The summed E-state index contributed by atoms with van der Waals surface area (Å²) < 4.78 is 5.03. The molecular weight excluding hydrogens is 791 g/mol. The van der Waals surface area contributed by atoms with Crippen molar-refractivity contribution in [2.75, 3.05) is 0 Å². The number of thiophene rings is 2. The second kappa shape index (κ2) is 15.2. The SMILES string of the molecule is c1ccc(-c2cccc(-c3ccccc3-c3ccc4sc5cccc(-c6nc(-c7ccccc7)nc(-c7ccc(-c8ccc9sc%10ccccc%10c9c8)cc7)n6)c5c4c3)c2)cc1. The van der Waals surface area contributed by atoms with Crippen LogP contribution in [0.15, 0.2) is 212 Å². The van der Waals surface area contributed by atoms with Crippen molar-refractivity contribution >= 4 is 63.0 Å². The fourth-order valence-corrected chi connectivity index (χ4v) is 10.9. The highest BCUT2D eigenvalue weighted by molar-refractivity contribution is 7.26. The van der Waals surface area contributed by atoms with Gasteiger partial charge in [0.2, 0.25) is 0 Å². The normalized spacial score (nSPS) is 11.5. The lowest BCUT2D eigenvalue weighted by Crippen LogP contribution is -2.00. The Balaban J connectivity index is 0.967. The van der Waals surface area contributed by atoms with Crippen LogP contribution in [0, 0.1) is 0 Å². The molecule has 0 aliphatic heterocycles. The lowest BCUT2D eigenvalue weighted by molar-refractivity contribution is 1.08. The third-order valence-corrected chi connectivity index (χ3v) is 14.1. The van der Waals surface area contributed by atoms with Gasteiger partial charge in [-0.15, -0.1) is 22.7 Å². The van der Waals surface area contributed by atoms with Crippen LogP contribution in [0.2, 0.25) is 0 Å². The van der Waals surface area contributed by atoms with E-state index in [1.165, 1.54) is 73.9 Å². The zero-order valence-electron chi connectivity index (χ0n) is 33.4. The summed E-state index contributed by atoms with van der Waals surface area (Å²) >= 11 is 3.65. The van der Waals surface area contributed by atoms with E-state index in [2.05, 4.69) is 194 Å². The summed E-state index contributed by atoms with van der Waals surface area (Å²) in [6.07, 6.45) is 0. The monoisotopic (exact) mass is 825 g/mol. The Hall–Kier alpha value is -7.57. The smallest absolute Gasteiger partial charge is 0.164 e. The van der Waals surface area contributed by atoms with Crippen molar-refractivity contribution in [3.8, 4) is 78.7 Å². The maximum atomic E-state index is 5.26. The molecule has 3 heterocycles. The fraction of sp³-hybridized carbons (Fsp3) is 0. The number of benzene rings is 9. The number of nitrogens with zero attached hydrogens (tertiary/aromatic N) is 3. The summed E-state index contributed by atoms with van der Waals surface area (Å²) in [5.74, 6) is 1.94. The molecule has 0 aliphatic rings. The predicted molar refractivity (Wildman–Crippen MR) is 264 cm³/mol. The van der Waals surface area contributed by atoms with Gasteiger partial charge in [-0.25, -0.2) is 15.0 Å². The van der Waals surface area contributed by atoms with Crippen LogP contribution in [0.5, 0.6) is 0 Å². The van der Waals surface area contributed by atoms with Gasteiger partial charge >= 0.3 is 0 Å². The van der Waals surface area contributed by atoms with Crippen molar-refractivity contribution in [2.24, 2.45) is 0 Å². The quantitative estimate of drug-likeness (QED) is 0.161. The van der Waals surface area contributed by atoms with Gasteiger partial charge in [0.05, 0.1) is 0 Å². The maximum Gasteiger partial charge on any atom is 0.164 e. The molecule has 0 saturated heterocycles. The van der Waals surface area contributed by atoms with Gasteiger partial charge in [0.1, 0.15) is 0 Å². The highest BCUT2D eigenvalue weighted by Gasteiger charge is 2.19. The Bertz CT molecular complexity index is 3630. The van der Waals surface area contributed by atoms with E-state index in [0.29, 0.717) is 17.5 Å². The third kappa shape index (κ3) is 6.47. The molecule has 3 nitrogen and oxygen atoms in total. The van der Waals surface area contributed by atoms with Crippen LogP contribution in [0.25, 0.3) is 119 Å².